The average Bonchev–Trinajstić information content (AvgIpc) is 2.39. The van der Waals surface area contributed by atoms with Gasteiger partial charge < -0.3 is 10.8 Å². The molecule has 0 aliphatic heterocycles. The van der Waals surface area contributed by atoms with Gasteiger partial charge in [0.05, 0.1) is 0 Å². The molecule has 0 unspecified atom stereocenters. The summed E-state index contributed by atoms with van der Waals surface area (Å²) in [6.07, 6.45) is 0.248. The number of benzene rings is 1. The van der Waals surface area contributed by atoms with Crippen LogP contribution in [0.2, 0.25) is 0 Å². The zero-order valence-corrected chi connectivity index (χ0v) is 11.4. The van der Waals surface area contributed by atoms with Gasteiger partial charge in [0.25, 0.3) is 0 Å². The van der Waals surface area contributed by atoms with Crippen molar-refractivity contribution >= 4 is 35.6 Å². The van der Waals surface area contributed by atoms with Crippen LogP contribution in [-0.4, -0.2) is 28.6 Å². The molecule has 114 valence electrons. The van der Waals surface area contributed by atoms with Crippen molar-refractivity contribution in [2.45, 2.75) is 6.18 Å². The summed E-state index contributed by atoms with van der Waals surface area (Å²) in [7, 11) is 0. The lowest BCUT2D eigenvalue weighted by atomic mass is 10.2. The van der Waals surface area contributed by atoms with Crippen LogP contribution in [0.4, 0.5) is 13.2 Å². The SMILES string of the molecule is NC(=S)N/N=C/C=C/c1ccccc1.O=C(O)C(F)(F)F. The van der Waals surface area contributed by atoms with Gasteiger partial charge in [-0.2, -0.15) is 18.3 Å². The first-order chi connectivity index (χ1) is 9.73. The standard InChI is InChI=1S/C10H11N3S.C2HF3O2/c11-10(14)13-12-8-4-7-9-5-2-1-3-6-9;3-2(4,5)1(6)7/h1-8H,(H3,11,13,14);(H,6,7)/b7-4+,12-8+;. The minimum atomic E-state index is -5.08. The van der Waals surface area contributed by atoms with E-state index in [1.165, 1.54) is 0 Å². The molecule has 0 saturated carbocycles. The van der Waals surface area contributed by atoms with Gasteiger partial charge in [0.2, 0.25) is 0 Å². The van der Waals surface area contributed by atoms with Crippen molar-refractivity contribution < 1.29 is 23.1 Å². The fourth-order valence-corrected chi connectivity index (χ4v) is 0.915. The van der Waals surface area contributed by atoms with Crippen molar-refractivity contribution in [3.63, 3.8) is 0 Å². The fourth-order valence-electron chi connectivity index (χ4n) is 0.862. The molecule has 0 heterocycles. The molecule has 0 saturated heterocycles. The second kappa shape index (κ2) is 9.48. The van der Waals surface area contributed by atoms with Gasteiger partial charge in [0, 0.05) is 6.21 Å². The van der Waals surface area contributed by atoms with E-state index >= 15 is 0 Å². The first-order valence-corrected chi connectivity index (χ1v) is 5.74. The number of thiocarbonyl (C=S) groups is 1. The van der Waals surface area contributed by atoms with Crippen LogP contribution in [0, 0.1) is 0 Å². The van der Waals surface area contributed by atoms with Gasteiger partial charge in [-0.15, -0.1) is 0 Å². The lowest BCUT2D eigenvalue weighted by Crippen LogP contribution is -2.23. The summed E-state index contributed by atoms with van der Waals surface area (Å²) in [6.45, 7) is 0. The van der Waals surface area contributed by atoms with Crippen LogP contribution in [-0.2, 0) is 4.79 Å². The topological polar surface area (TPSA) is 87.7 Å². The van der Waals surface area contributed by atoms with Crippen LogP contribution in [0.15, 0.2) is 41.5 Å². The highest BCUT2D eigenvalue weighted by Gasteiger charge is 2.38. The number of rotatable bonds is 3. The summed E-state index contributed by atoms with van der Waals surface area (Å²) in [5.41, 5.74) is 8.75. The molecule has 0 aromatic heterocycles. The summed E-state index contributed by atoms with van der Waals surface area (Å²) in [5, 5.41) is 11.0. The van der Waals surface area contributed by atoms with Crippen LogP contribution < -0.4 is 11.2 Å². The second-order valence-electron chi connectivity index (χ2n) is 3.33. The van der Waals surface area contributed by atoms with Crippen LogP contribution in [0.25, 0.3) is 6.08 Å². The molecule has 0 aliphatic rings. The molecule has 0 radical (unpaired) electrons. The Morgan fingerprint density at radius 1 is 1.33 bits per heavy atom. The smallest absolute Gasteiger partial charge is 0.475 e. The maximum Gasteiger partial charge on any atom is 0.490 e. The number of carboxylic acid groups (broad SMARTS) is 1. The van der Waals surface area contributed by atoms with Crippen molar-refractivity contribution in [1.82, 2.24) is 5.43 Å². The number of aliphatic carboxylic acids is 1. The second-order valence-corrected chi connectivity index (χ2v) is 3.77. The van der Waals surface area contributed by atoms with Crippen molar-refractivity contribution in [2.75, 3.05) is 0 Å². The number of hydrogen-bond donors (Lipinski definition) is 3. The van der Waals surface area contributed by atoms with Crippen molar-refractivity contribution in [1.29, 1.82) is 0 Å². The normalized spacial score (nSPS) is 11.0. The Balaban J connectivity index is 0.000000486. The molecular weight excluding hydrogens is 307 g/mol. The summed E-state index contributed by atoms with van der Waals surface area (Å²) in [5.74, 6) is -2.76. The van der Waals surface area contributed by atoms with E-state index < -0.39 is 12.1 Å². The Kier molecular flexibility index (Phi) is 8.39. The fraction of sp³-hybridized carbons (Fsp3) is 0.0833. The number of nitrogens with one attached hydrogen (secondary N) is 1. The number of allylic oxidation sites excluding steroid dienone is 1. The van der Waals surface area contributed by atoms with Crippen molar-refractivity contribution in [3.05, 3.63) is 42.0 Å². The Hall–Kier alpha value is -2.42. The number of hydrazone groups is 1. The lowest BCUT2D eigenvalue weighted by molar-refractivity contribution is -0.192. The number of nitrogens with two attached hydrogens (primary N) is 1. The van der Waals surface area contributed by atoms with Gasteiger partial charge in [-0.3, -0.25) is 5.43 Å². The van der Waals surface area contributed by atoms with E-state index in [2.05, 4.69) is 22.7 Å². The van der Waals surface area contributed by atoms with Gasteiger partial charge in [0.15, 0.2) is 5.11 Å². The zero-order chi connectivity index (χ0) is 16.3. The maximum absolute atomic E-state index is 10.6. The Bertz CT molecular complexity index is 516. The molecule has 21 heavy (non-hydrogen) atoms. The maximum atomic E-state index is 10.6. The molecule has 5 nitrogen and oxygen atoms in total. The van der Waals surface area contributed by atoms with E-state index in [-0.39, 0.29) is 5.11 Å². The van der Waals surface area contributed by atoms with Crippen LogP contribution >= 0.6 is 12.2 Å². The summed E-state index contributed by atoms with van der Waals surface area (Å²) < 4.78 is 31.7. The number of halogens is 3. The predicted octanol–water partition coefficient (Wildman–Crippen LogP) is 2.15. The number of alkyl halides is 3. The molecule has 0 atom stereocenters. The number of hydrogen-bond acceptors (Lipinski definition) is 3. The quantitative estimate of drug-likeness (QED) is 0.451. The Morgan fingerprint density at radius 3 is 2.29 bits per heavy atom. The predicted molar refractivity (Wildman–Crippen MR) is 77.6 cm³/mol. The van der Waals surface area contributed by atoms with Gasteiger partial charge >= 0.3 is 12.1 Å². The molecule has 0 bridgehead atoms. The zero-order valence-electron chi connectivity index (χ0n) is 10.5. The van der Waals surface area contributed by atoms with E-state index in [0.29, 0.717) is 0 Å². The van der Waals surface area contributed by atoms with Gasteiger partial charge in [-0.1, -0.05) is 36.4 Å². The largest absolute Gasteiger partial charge is 0.490 e. The molecule has 1 aromatic rings. The summed E-state index contributed by atoms with van der Waals surface area (Å²) >= 11 is 4.57. The summed E-state index contributed by atoms with van der Waals surface area (Å²) in [4.78, 5) is 8.90. The lowest BCUT2D eigenvalue weighted by Gasteiger charge is -1.93. The highest BCUT2D eigenvalue weighted by molar-refractivity contribution is 7.80. The Morgan fingerprint density at radius 2 is 1.86 bits per heavy atom. The molecule has 0 amide bonds. The van der Waals surface area contributed by atoms with Crippen LogP contribution in [0.5, 0.6) is 0 Å². The molecule has 1 aromatic carbocycles. The van der Waals surface area contributed by atoms with E-state index in [1.54, 1.807) is 12.3 Å². The third-order valence-electron chi connectivity index (χ3n) is 1.67. The monoisotopic (exact) mass is 319 g/mol. The van der Waals surface area contributed by atoms with E-state index in [9.17, 15) is 13.2 Å². The molecule has 4 N–H and O–H groups in total. The number of nitrogens with zero attached hydrogens (tertiary/aromatic N) is 1. The minimum absolute atomic E-state index is 0.161. The third kappa shape index (κ3) is 11.1. The molecular formula is C12H12F3N3O2S. The molecule has 1 rings (SSSR count). The molecule has 0 aliphatic carbocycles. The minimum Gasteiger partial charge on any atom is -0.475 e. The first kappa shape index (κ1) is 18.6. The van der Waals surface area contributed by atoms with Crippen LogP contribution in [0.3, 0.4) is 0 Å². The number of carboxylic acids is 1. The van der Waals surface area contributed by atoms with Crippen molar-refractivity contribution in [2.24, 2.45) is 10.8 Å². The van der Waals surface area contributed by atoms with Crippen molar-refractivity contribution in [3.8, 4) is 0 Å². The van der Waals surface area contributed by atoms with E-state index in [1.807, 2.05) is 36.4 Å². The summed E-state index contributed by atoms with van der Waals surface area (Å²) in [6, 6.07) is 9.94. The first-order valence-electron chi connectivity index (χ1n) is 5.34. The molecule has 9 heteroatoms. The highest BCUT2D eigenvalue weighted by Crippen LogP contribution is 2.13. The number of carbonyl (C=O) groups is 1. The Labute approximate surface area is 124 Å². The molecule has 0 spiro atoms. The van der Waals surface area contributed by atoms with E-state index in [4.69, 9.17) is 15.6 Å². The van der Waals surface area contributed by atoms with Gasteiger partial charge in [0.1, 0.15) is 0 Å². The average molecular weight is 319 g/mol. The van der Waals surface area contributed by atoms with E-state index in [0.717, 1.165) is 5.56 Å². The van der Waals surface area contributed by atoms with Gasteiger partial charge in [-0.05, 0) is 23.9 Å². The van der Waals surface area contributed by atoms with Crippen LogP contribution in [0.1, 0.15) is 5.56 Å². The van der Waals surface area contributed by atoms with Gasteiger partial charge in [-0.25, -0.2) is 4.79 Å². The highest BCUT2D eigenvalue weighted by atomic mass is 32.1. The third-order valence-corrected chi connectivity index (χ3v) is 1.76. The molecule has 0 fully saturated rings.